The Labute approximate surface area is 95.1 Å². The number of benzene rings is 1. The molecule has 1 rings (SSSR count). The summed E-state index contributed by atoms with van der Waals surface area (Å²) >= 11 is 0. The van der Waals surface area contributed by atoms with Crippen molar-refractivity contribution in [2.75, 3.05) is 13.8 Å². The molecular weight excluding hydrogens is 242 g/mol. The minimum atomic E-state index is -4.80. The summed E-state index contributed by atoms with van der Waals surface area (Å²) in [5.74, 6) is -0.248. The van der Waals surface area contributed by atoms with E-state index in [1.807, 2.05) is 0 Å². The van der Waals surface area contributed by atoms with E-state index in [0.717, 1.165) is 12.1 Å². The minimum Gasteiger partial charge on any atom is -0.496 e. The van der Waals surface area contributed by atoms with Gasteiger partial charge in [-0.05, 0) is 18.2 Å². The van der Waals surface area contributed by atoms with Gasteiger partial charge in [0.05, 0.1) is 13.2 Å². The van der Waals surface area contributed by atoms with E-state index in [1.54, 1.807) is 0 Å². The van der Waals surface area contributed by atoms with Crippen molar-refractivity contribution in [1.82, 2.24) is 0 Å². The molecule has 0 fully saturated rings. The lowest BCUT2D eigenvalue weighted by Gasteiger charge is -2.15. The maximum absolute atomic E-state index is 12.4. The van der Waals surface area contributed by atoms with Gasteiger partial charge in [0.15, 0.2) is 0 Å². The smallest absolute Gasteiger partial charge is 0.496 e. The first-order chi connectivity index (χ1) is 7.87. The summed E-state index contributed by atoms with van der Waals surface area (Å²) in [6.07, 6.45) is -4.80. The van der Waals surface area contributed by atoms with Gasteiger partial charge in [0.2, 0.25) is 0 Å². The van der Waals surface area contributed by atoms with E-state index in [-0.39, 0.29) is 11.3 Å². The third kappa shape index (κ3) is 3.77. The van der Waals surface area contributed by atoms with Crippen LogP contribution < -0.4 is 15.2 Å². The normalized spacial score (nSPS) is 13.3. The van der Waals surface area contributed by atoms with Crippen molar-refractivity contribution in [2.45, 2.75) is 12.4 Å². The molecular formula is C10H11F4NO2. The zero-order chi connectivity index (χ0) is 13.1. The third-order valence-corrected chi connectivity index (χ3v) is 2.00. The summed E-state index contributed by atoms with van der Waals surface area (Å²) in [4.78, 5) is 0. The quantitative estimate of drug-likeness (QED) is 0.839. The molecule has 0 spiro atoms. The van der Waals surface area contributed by atoms with E-state index in [4.69, 9.17) is 10.5 Å². The van der Waals surface area contributed by atoms with Crippen molar-refractivity contribution in [3.63, 3.8) is 0 Å². The van der Waals surface area contributed by atoms with Gasteiger partial charge in [0.25, 0.3) is 0 Å². The van der Waals surface area contributed by atoms with Gasteiger partial charge in [-0.3, -0.25) is 0 Å². The Kier molecular flexibility index (Phi) is 4.17. The SMILES string of the molecule is COc1ccc(OC(F)(F)F)cc1[C@@H](N)CF. The highest BCUT2D eigenvalue weighted by atomic mass is 19.4. The van der Waals surface area contributed by atoms with Crippen molar-refractivity contribution in [3.05, 3.63) is 23.8 Å². The number of halogens is 4. The van der Waals surface area contributed by atoms with Crippen LogP contribution in [0.1, 0.15) is 11.6 Å². The molecule has 0 saturated heterocycles. The van der Waals surface area contributed by atoms with Gasteiger partial charge in [-0.25, -0.2) is 4.39 Å². The van der Waals surface area contributed by atoms with Crippen LogP contribution in [0, 0.1) is 0 Å². The predicted octanol–water partition coefficient (Wildman–Crippen LogP) is 2.56. The molecule has 0 aliphatic heterocycles. The number of alkyl halides is 4. The number of rotatable bonds is 4. The molecule has 2 N–H and O–H groups in total. The highest BCUT2D eigenvalue weighted by molar-refractivity contribution is 5.42. The molecule has 0 unspecified atom stereocenters. The summed E-state index contributed by atoms with van der Waals surface area (Å²) in [7, 11) is 1.31. The molecule has 0 amide bonds. The van der Waals surface area contributed by atoms with E-state index in [0.29, 0.717) is 0 Å². The van der Waals surface area contributed by atoms with Crippen molar-refractivity contribution < 1.29 is 27.0 Å². The summed E-state index contributed by atoms with van der Waals surface area (Å²) in [5, 5.41) is 0. The monoisotopic (exact) mass is 253 g/mol. The Morgan fingerprint density at radius 1 is 1.35 bits per heavy atom. The Hall–Kier alpha value is -1.50. The van der Waals surface area contributed by atoms with Crippen molar-refractivity contribution >= 4 is 0 Å². The molecule has 17 heavy (non-hydrogen) atoms. The van der Waals surface area contributed by atoms with Gasteiger partial charge in [-0.1, -0.05) is 0 Å². The molecule has 0 saturated carbocycles. The summed E-state index contributed by atoms with van der Waals surface area (Å²) < 4.78 is 56.9. The zero-order valence-electron chi connectivity index (χ0n) is 8.92. The number of nitrogens with two attached hydrogens (primary N) is 1. The van der Waals surface area contributed by atoms with E-state index < -0.39 is 24.8 Å². The van der Waals surface area contributed by atoms with E-state index in [9.17, 15) is 17.6 Å². The third-order valence-electron chi connectivity index (χ3n) is 2.00. The molecule has 0 bridgehead atoms. The fourth-order valence-corrected chi connectivity index (χ4v) is 1.28. The van der Waals surface area contributed by atoms with Crippen LogP contribution in [0.5, 0.6) is 11.5 Å². The average molecular weight is 253 g/mol. The van der Waals surface area contributed by atoms with Crippen LogP contribution in [0.3, 0.4) is 0 Å². The van der Waals surface area contributed by atoms with Crippen LogP contribution in [0.4, 0.5) is 17.6 Å². The molecule has 7 heteroatoms. The summed E-state index contributed by atoms with van der Waals surface area (Å²) in [6.45, 7) is -0.911. The summed E-state index contributed by atoms with van der Waals surface area (Å²) in [5.41, 5.74) is 5.53. The van der Waals surface area contributed by atoms with Crippen molar-refractivity contribution in [3.8, 4) is 11.5 Å². The van der Waals surface area contributed by atoms with Gasteiger partial charge in [0, 0.05) is 5.56 Å². The molecule has 0 aliphatic carbocycles. The van der Waals surface area contributed by atoms with Crippen LogP contribution in [-0.2, 0) is 0 Å². The van der Waals surface area contributed by atoms with Gasteiger partial charge in [-0.2, -0.15) is 0 Å². The first-order valence-corrected chi connectivity index (χ1v) is 4.62. The van der Waals surface area contributed by atoms with Gasteiger partial charge < -0.3 is 15.2 Å². The van der Waals surface area contributed by atoms with E-state index in [1.165, 1.54) is 13.2 Å². The molecule has 0 radical (unpaired) electrons. The molecule has 0 heterocycles. The molecule has 3 nitrogen and oxygen atoms in total. The molecule has 1 aromatic carbocycles. The lowest BCUT2D eigenvalue weighted by atomic mass is 10.1. The van der Waals surface area contributed by atoms with Gasteiger partial charge in [0.1, 0.15) is 18.2 Å². The molecule has 0 aromatic heterocycles. The average Bonchev–Trinajstić information content (AvgIpc) is 2.25. The number of ether oxygens (including phenoxy) is 2. The Balaban J connectivity index is 3.04. The Bertz CT molecular complexity index is 381. The molecule has 96 valence electrons. The fourth-order valence-electron chi connectivity index (χ4n) is 1.28. The number of hydrogen-bond donors (Lipinski definition) is 1. The largest absolute Gasteiger partial charge is 0.573 e. The second-order valence-corrected chi connectivity index (χ2v) is 3.21. The van der Waals surface area contributed by atoms with Crippen LogP contribution >= 0.6 is 0 Å². The molecule has 0 aliphatic rings. The second-order valence-electron chi connectivity index (χ2n) is 3.21. The second kappa shape index (κ2) is 5.22. The highest BCUT2D eigenvalue weighted by Gasteiger charge is 2.31. The van der Waals surface area contributed by atoms with E-state index in [2.05, 4.69) is 4.74 Å². The number of hydrogen-bond acceptors (Lipinski definition) is 3. The lowest BCUT2D eigenvalue weighted by molar-refractivity contribution is -0.274. The maximum atomic E-state index is 12.4. The van der Waals surface area contributed by atoms with Crippen molar-refractivity contribution in [2.24, 2.45) is 5.73 Å². The topological polar surface area (TPSA) is 44.5 Å². The van der Waals surface area contributed by atoms with Crippen LogP contribution in [0.25, 0.3) is 0 Å². The minimum absolute atomic E-state index is 0.122. The highest BCUT2D eigenvalue weighted by Crippen LogP contribution is 2.31. The first kappa shape index (κ1) is 13.6. The van der Waals surface area contributed by atoms with Crippen molar-refractivity contribution in [1.29, 1.82) is 0 Å². The zero-order valence-corrected chi connectivity index (χ0v) is 8.92. The van der Waals surface area contributed by atoms with Crippen LogP contribution in [-0.4, -0.2) is 20.1 Å². The van der Waals surface area contributed by atoms with E-state index >= 15 is 0 Å². The van der Waals surface area contributed by atoms with Gasteiger partial charge >= 0.3 is 6.36 Å². The van der Waals surface area contributed by atoms with Crippen LogP contribution in [0.2, 0.25) is 0 Å². The fraction of sp³-hybridized carbons (Fsp3) is 0.400. The molecule has 1 aromatic rings. The lowest BCUT2D eigenvalue weighted by Crippen LogP contribution is -2.18. The van der Waals surface area contributed by atoms with Gasteiger partial charge in [-0.15, -0.1) is 13.2 Å². The Morgan fingerprint density at radius 2 is 2.00 bits per heavy atom. The Morgan fingerprint density at radius 3 is 2.47 bits per heavy atom. The maximum Gasteiger partial charge on any atom is 0.573 e. The predicted molar refractivity (Wildman–Crippen MR) is 52.6 cm³/mol. The summed E-state index contributed by atoms with van der Waals surface area (Å²) in [6, 6.07) is 2.27. The number of methoxy groups -OCH3 is 1. The first-order valence-electron chi connectivity index (χ1n) is 4.62. The standard InChI is InChI=1S/C10H11F4NO2/c1-16-9-3-2-6(17-10(12,13)14)4-7(9)8(15)5-11/h2-4,8H,5,15H2,1H3/t8-/m0/s1. The van der Waals surface area contributed by atoms with Crippen LogP contribution in [0.15, 0.2) is 18.2 Å². The molecule has 1 atom stereocenters.